The molecule has 2 nitrogen and oxygen atoms in total. The van der Waals surface area contributed by atoms with Gasteiger partial charge in [-0.05, 0) is 12.5 Å². The normalized spacial score (nSPS) is 12.8. The lowest BCUT2D eigenvalue weighted by atomic mass is 10.0. The molecule has 1 atom stereocenters. The number of rotatable bonds is 2. The van der Waals surface area contributed by atoms with Crippen molar-refractivity contribution < 1.29 is 8.78 Å². The first-order chi connectivity index (χ1) is 7.61. The highest BCUT2D eigenvalue weighted by Gasteiger charge is 2.18. The van der Waals surface area contributed by atoms with Gasteiger partial charge in [-0.3, -0.25) is 0 Å². The van der Waals surface area contributed by atoms with Crippen molar-refractivity contribution in [1.29, 1.82) is 0 Å². The summed E-state index contributed by atoms with van der Waals surface area (Å²) in [6.45, 7) is 1.51. The summed E-state index contributed by atoms with van der Waals surface area (Å²) in [7, 11) is 0. The van der Waals surface area contributed by atoms with E-state index in [1.807, 2.05) is 0 Å². The summed E-state index contributed by atoms with van der Waals surface area (Å²) in [5.74, 6) is -1.73. The minimum atomic E-state index is -0.888. The molecule has 1 aromatic heterocycles. The number of nitrogens with two attached hydrogens (primary N) is 1. The largest absolute Gasteiger partial charge is 0.319 e. The van der Waals surface area contributed by atoms with Gasteiger partial charge in [0.25, 0.3) is 0 Å². The van der Waals surface area contributed by atoms with Gasteiger partial charge in [0.05, 0.1) is 17.2 Å². The molecule has 0 saturated heterocycles. The molecule has 0 bridgehead atoms. The van der Waals surface area contributed by atoms with Crippen LogP contribution in [0.1, 0.15) is 22.9 Å². The van der Waals surface area contributed by atoms with E-state index in [4.69, 9.17) is 5.73 Å². The summed E-state index contributed by atoms with van der Waals surface area (Å²) in [5.41, 5.74) is 8.38. The maximum atomic E-state index is 13.6. The second kappa shape index (κ2) is 4.27. The van der Waals surface area contributed by atoms with E-state index in [1.54, 1.807) is 10.9 Å². The van der Waals surface area contributed by atoms with Crippen molar-refractivity contribution in [3.63, 3.8) is 0 Å². The Balaban J connectivity index is 2.45. The molecule has 84 valence electrons. The summed E-state index contributed by atoms with van der Waals surface area (Å²) in [5, 5.41) is 1.72. The van der Waals surface area contributed by atoms with Crippen molar-refractivity contribution in [2.75, 3.05) is 0 Å². The molecule has 0 radical (unpaired) electrons. The third kappa shape index (κ3) is 1.83. The monoisotopic (exact) mass is 240 g/mol. The highest BCUT2D eigenvalue weighted by atomic mass is 32.1. The summed E-state index contributed by atoms with van der Waals surface area (Å²) < 4.78 is 27.0. The standard InChI is InChI=1S/C11H10F2N2S/c1-6-2-3-7(10(13)9(6)12)11(14)8-4-16-5-15-8/h2-5,11H,14H2,1H3. The summed E-state index contributed by atoms with van der Waals surface area (Å²) in [6.07, 6.45) is 0. The molecule has 0 fully saturated rings. The van der Waals surface area contributed by atoms with E-state index in [0.717, 1.165) is 0 Å². The molecule has 1 aromatic carbocycles. The van der Waals surface area contributed by atoms with Gasteiger partial charge in [0.1, 0.15) is 0 Å². The molecule has 2 aromatic rings. The van der Waals surface area contributed by atoms with Gasteiger partial charge in [-0.1, -0.05) is 12.1 Å². The lowest BCUT2D eigenvalue weighted by molar-refractivity contribution is 0.489. The first kappa shape index (κ1) is 11.2. The number of hydrogen-bond donors (Lipinski definition) is 1. The molecule has 0 aliphatic heterocycles. The minimum absolute atomic E-state index is 0.133. The van der Waals surface area contributed by atoms with E-state index < -0.39 is 17.7 Å². The minimum Gasteiger partial charge on any atom is -0.319 e. The summed E-state index contributed by atoms with van der Waals surface area (Å²) >= 11 is 1.37. The van der Waals surface area contributed by atoms with Gasteiger partial charge in [-0.2, -0.15) is 0 Å². The number of hydrogen-bond acceptors (Lipinski definition) is 3. The van der Waals surface area contributed by atoms with Crippen molar-refractivity contribution >= 4 is 11.3 Å². The predicted octanol–water partition coefficient (Wildman–Crippen LogP) is 2.78. The fourth-order valence-corrected chi connectivity index (χ4v) is 2.03. The van der Waals surface area contributed by atoms with Crippen LogP contribution in [0.2, 0.25) is 0 Å². The number of nitrogens with zero attached hydrogens (tertiary/aromatic N) is 1. The van der Waals surface area contributed by atoms with Gasteiger partial charge in [-0.15, -0.1) is 11.3 Å². The maximum absolute atomic E-state index is 13.6. The van der Waals surface area contributed by atoms with E-state index in [1.165, 1.54) is 30.4 Å². The van der Waals surface area contributed by atoms with E-state index in [9.17, 15) is 8.78 Å². The van der Waals surface area contributed by atoms with Crippen LogP contribution in [0.4, 0.5) is 8.78 Å². The highest BCUT2D eigenvalue weighted by molar-refractivity contribution is 7.07. The van der Waals surface area contributed by atoms with Crippen LogP contribution in [0.15, 0.2) is 23.0 Å². The summed E-state index contributed by atoms with van der Waals surface area (Å²) in [6, 6.07) is 2.29. The van der Waals surface area contributed by atoms with Crippen LogP contribution in [0, 0.1) is 18.6 Å². The van der Waals surface area contributed by atoms with Crippen LogP contribution in [-0.4, -0.2) is 4.98 Å². The Morgan fingerprint density at radius 1 is 1.31 bits per heavy atom. The molecule has 16 heavy (non-hydrogen) atoms. The topological polar surface area (TPSA) is 38.9 Å². The molecule has 1 unspecified atom stereocenters. The Kier molecular flexibility index (Phi) is 2.98. The van der Waals surface area contributed by atoms with Gasteiger partial charge in [0.2, 0.25) is 0 Å². The van der Waals surface area contributed by atoms with Crippen molar-refractivity contribution in [2.24, 2.45) is 5.73 Å². The number of halogens is 2. The van der Waals surface area contributed by atoms with E-state index >= 15 is 0 Å². The van der Waals surface area contributed by atoms with Crippen LogP contribution in [0.25, 0.3) is 0 Å². The molecule has 1 heterocycles. The molecular formula is C11H10F2N2S. The van der Waals surface area contributed by atoms with E-state index in [0.29, 0.717) is 5.69 Å². The maximum Gasteiger partial charge on any atom is 0.164 e. The lowest BCUT2D eigenvalue weighted by Gasteiger charge is -2.11. The van der Waals surface area contributed by atoms with Crippen LogP contribution in [0.3, 0.4) is 0 Å². The van der Waals surface area contributed by atoms with Crippen molar-refractivity contribution in [2.45, 2.75) is 13.0 Å². The third-order valence-corrected chi connectivity index (χ3v) is 3.02. The fraction of sp³-hybridized carbons (Fsp3) is 0.182. The van der Waals surface area contributed by atoms with Gasteiger partial charge >= 0.3 is 0 Å². The molecule has 0 saturated carbocycles. The van der Waals surface area contributed by atoms with E-state index in [-0.39, 0.29) is 11.1 Å². The lowest BCUT2D eigenvalue weighted by Crippen LogP contribution is -2.15. The number of benzene rings is 1. The third-order valence-electron chi connectivity index (χ3n) is 2.41. The predicted molar refractivity (Wildman–Crippen MR) is 59.2 cm³/mol. The Labute approximate surface area is 95.7 Å². The first-order valence-electron chi connectivity index (χ1n) is 4.69. The van der Waals surface area contributed by atoms with E-state index in [2.05, 4.69) is 4.98 Å². The van der Waals surface area contributed by atoms with Gasteiger partial charge in [-0.25, -0.2) is 13.8 Å². The van der Waals surface area contributed by atoms with Crippen molar-refractivity contribution in [3.8, 4) is 0 Å². The second-order valence-electron chi connectivity index (χ2n) is 3.49. The summed E-state index contributed by atoms with van der Waals surface area (Å²) in [4.78, 5) is 3.99. The Hall–Kier alpha value is -1.33. The Morgan fingerprint density at radius 3 is 2.69 bits per heavy atom. The molecule has 0 spiro atoms. The number of aryl methyl sites for hydroxylation is 1. The van der Waals surface area contributed by atoms with Gasteiger partial charge in [0, 0.05) is 10.9 Å². The molecule has 0 aliphatic carbocycles. The van der Waals surface area contributed by atoms with Gasteiger partial charge < -0.3 is 5.73 Å². The number of aromatic nitrogens is 1. The molecule has 2 N–H and O–H groups in total. The first-order valence-corrected chi connectivity index (χ1v) is 5.63. The van der Waals surface area contributed by atoms with Gasteiger partial charge in [0.15, 0.2) is 11.6 Å². The molecule has 0 aliphatic rings. The Bertz CT molecular complexity index is 497. The van der Waals surface area contributed by atoms with Crippen LogP contribution < -0.4 is 5.73 Å². The Morgan fingerprint density at radius 2 is 2.06 bits per heavy atom. The highest BCUT2D eigenvalue weighted by Crippen LogP contribution is 2.24. The fourth-order valence-electron chi connectivity index (χ4n) is 1.44. The average molecular weight is 240 g/mol. The SMILES string of the molecule is Cc1ccc(C(N)c2cscn2)c(F)c1F. The zero-order valence-electron chi connectivity index (χ0n) is 8.58. The smallest absolute Gasteiger partial charge is 0.164 e. The second-order valence-corrected chi connectivity index (χ2v) is 4.21. The molecule has 0 amide bonds. The van der Waals surface area contributed by atoms with Crippen LogP contribution >= 0.6 is 11.3 Å². The number of thiazole rings is 1. The molecule has 2 rings (SSSR count). The van der Waals surface area contributed by atoms with Crippen LogP contribution in [0.5, 0.6) is 0 Å². The quantitative estimate of drug-likeness (QED) is 0.876. The molecular weight excluding hydrogens is 230 g/mol. The zero-order valence-corrected chi connectivity index (χ0v) is 9.39. The average Bonchev–Trinajstić information content (AvgIpc) is 2.79. The van der Waals surface area contributed by atoms with Crippen LogP contribution in [-0.2, 0) is 0 Å². The molecule has 5 heteroatoms. The zero-order chi connectivity index (χ0) is 11.7. The van der Waals surface area contributed by atoms with Crippen molar-refractivity contribution in [1.82, 2.24) is 4.98 Å². The van der Waals surface area contributed by atoms with Crippen molar-refractivity contribution in [3.05, 3.63) is 51.5 Å².